The minimum atomic E-state index is -1.18. The molecule has 1 aliphatic heterocycles. The van der Waals surface area contributed by atoms with E-state index in [0.29, 0.717) is 45.0 Å². The lowest BCUT2D eigenvalue weighted by Crippen LogP contribution is -2.38. The zero-order valence-electron chi connectivity index (χ0n) is 14.3. The molecule has 1 aromatic carbocycles. The first-order valence-electron chi connectivity index (χ1n) is 8.52. The predicted octanol–water partition coefficient (Wildman–Crippen LogP) is 3.15. The zero-order chi connectivity index (χ0) is 18.4. The maximum Gasteiger partial charge on any atom is 0.409 e. The summed E-state index contributed by atoms with van der Waals surface area (Å²) >= 11 is 0. The third-order valence-corrected chi connectivity index (χ3v) is 5.24. The van der Waals surface area contributed by atoms with Crippen LogP contribution in [-0.2, 0) is 30.7 Å². The van der Waals surface area contributed by atoms with Crippen molar-refractivity contribution in [3.63, 3.8) is 0 Å². The number of imidazole rings is 1. The van der Waals surface area contributed by atoms with Gasteiger partial charge in [0.25, 0.3) is 0 Å². The van der Waals surface area contributed by atoms with Crippen LogP contribution in [0.2, 0.25) is 0 Å². The number of nitrogens with zero attached hydrogens (tertiary/aromatic N) is 3. The van der Waals surface area contributed by atoms with Crippen molar-refractivity contribution in [2.45, 2.75) is 38.3 Å². The summed E-state index contributed by atoms with van der Waals surface area (Å²) in [5, 5.41) is 0. The van der Waals surface area contributed by atoms with E-state index in [4.69, 9.17) is 4.74 Å². The van der Waals surface area contributed by atoms with Crippen LogP contribution in [0, 0.1) is 17.5 Å². The molecule has 0 spiro atoms. The molecule has 4 rings (SSSR count). The fourth-order valence-electron chi connectivity index (χ4n) is 3.94. The van der Waals surface area contributed by atoms with Crippen molar-refractivity contribution >= 4 is 6.09 Å². The molecule has 1 aromatic heterocycles. The second-order valence-electron chi connectivity index (χ2n) is 6.69. The minimum absolute atomic E-state index is 0.191. The third-order valence-electron chi connectivity index (χ3n) is 5.24. The molecule has 1 aliphatic carbocycles. The van der Waals surface area contributed by atoms with Gasteiger partial charge in [0, 0.05) is 24.8 Å². The fourth-order valence-corrected chi connectivity index (χ4v) is 3.94. The first kappa shape index (κ1) is 16.9. The van der Waals surface area contributed by atoms with Gasteiger partial charge in [-0.25, -0.2) is 22.9 Å². The number of carbonyl (C=O) groups is 1. The summed E-state index contributed by atoms with van der Waals surface area (Å²) in [5.41, 5.74) is 2.12. The van der Waals surface area contributed by atoms with Crippen LogP contribution in [0.4, 0.5) is 18.0 Å². The van der Waals surface area contributed by atoms with E-state index in [1.807, 2.05) is 0 Å². The maximum absolute atomic E-state index is 14.1. The number of halogens is 3. The van der Waals surface area contributed by atoms with Gasteiger partial charge in [-0.3, -0.25) is 4.90 Å². The van der Waals surface area contributed by atoms with Gasteiger partial charge in [0.15, 0.2) is 11.6 Å². The number of methoxy groups -OCH3 is 1. The van der Waals surface area contributed by atoms with Crippen molar-refractivity contribution in [2.75, 3.05) is 13.7 Å². The molecule has 5 nitrogen and oxygen atoms in total. The van der Waals surface area contributed by atoms with E-state index in [0.717, 1.165) is 23.3 Å². The normalized spacial score (nSPS) is 19.1. The number of hydrogen-bond acceptors (Lipinski definition) is 3. The van der Waals surface area contributed by atoms with Crippen LogP contribution in [0.25, 0.3) is 0 Å². The molecule has 138 valence electrons. The lowest BCUT2D eigenvalue weighted by atomic mass is 9.84. The van der Waals surface area contributed by atoms with Crippen molar-refractivity contribution in [1.29, 1.82) is 0 Å². The number of fused-ring (bicyclic) bond motifs is 3. The summed E-state index contributed by atoms with van der Waals surface area (Å²) < 4.78 is 47.7. The molecule has 1 unspecified atom stereocenters. The molecule has 2 aromatic rings. The standard InChI is InChI=1S/C18H18F3N3O2/c1-26-18(25)23-4-5-24-16-3-2-10(6-15(16)22-17(24)9-23)11-7-13(20)14(21)8-12(11)19/h7-8,10H,2-6,9H2,1H3. The molecule has 0 bridgehead atoms. The Bertz CT molecular complexity index is 881. The molecule has 1 amide bonds. The van der Waals surface area contributed by atoms with E-state index in [1.54, 1.807) is 4.90 Å². The van der Waals surface area contributed by atoms with E-state index >= 15 is 0 Å². The van der Waals surface area contributed by atoms with Gasteiger partial charge in [0.05, 0.1) is 19.3 Å². The number of ether oxygens (including phenoxy) is 1. The highest BCUT2D eigenvalue weighted by Crippen LogP contribution is 2.35. The number of hydrogen-bond donors (Lipinski definition) is 0. The van der Waals surface area contributed by atoms with Crippen LogP contribution in [0.15, 0.2) is 12.1 Å². The summed E-state index contributed by atoms with van der Waals surface area (Å²) in [4.78, 5) is 17.9. The SMILES string of the molecule is COC(=O)N1CCn2c(nc3c2CCC(c2cc(F)c(F)cc2F)C3)C1. The van der Waals surface area contributed by atoms with Gasteiger partial charge in [-0.15, -0.1) is 0 Å². The highest BCUT2D eigenvalue weighted by molar-refractivity contribution is 5.67. The highest BCUT2D eigenvalue weighted by atomic mass is 19.2. The molecule has 2 aliphatic rings. The number of rotatable bonds is 1. The third kappa shape index (κ3) is 2.73. The minimum Gasteiger partial charge on any atom is -0.453 e. The number of carbonyl (C=O) groups excluding carboxylic acids is 1. The molecule has 8 heteroatoms. The van der Waals surface area contributed by atoms with E-state index in [9.17, 15) is 18.0 Å². The maximum atomic E-state index is 14.1. The Labute approximate surface area is 148 Å². The summed E-state index contributed by atoms with van der Waals surface area (Å²) in [5.74, 6) is -2.41. The summed E-state index contributed by atoms with van der Waals surface area (Å²) in [7, 11) is 1.34. The monoisotopic (exact) mass is 365 g/mol. The second kappa shape index (κ2) is 6.34. The summed E-state index contributed by atoms with van der Waals surface area (Å²) in [6, 6.07) is 1.56. The molecule has 0 radical (unpaired) electrons. The molecular weight excluding hydrogens is 347 g/mol. The number of amides is 1. The molecule has 2 heterocycles. The fraction of sp³-hybridized carbons (Fsp3) is 0.444. The Hall–Kier alpha value is -2.51. The Morgan fingerprint density at radius 3 is 2.73 bits per heavy atom. The van der Waals surface area contributed by atoms with Gasteiger partial charge in [-0.05, 0) is 36.8 Å². The van der Waals surface area contributed by atoms with Gasteiger partial charge >= 0.3 is 6.09 Å². The Morgan fingerprint density at radius 1 is 1.19 bits per heavy atom. The van der Waals surface area contributed by atoms with Crippen molar-refractivity contribution in [3.05, 3.63) is 52.4 Å². The predicted molar refractivity (Wildman–Crippen MR) is 86.1 cm³/mol. The molecule has 26 heavy (non-hydrogen) atoms. The quantitative estimate of drug-likeness (QED) is 0.730. The van der Waals surface area contributed by atoms with Gasteiger partial charge in [-0.2, -0.15) is 0 Å². The Morgan fingerprint density at radius 2 is 1.96 bits per heavy atom. The smallest absolute Gasteiger partial charge is 0.409 e. The van der Waals surface area contributed by atoms with Crippen molar-refractivity contribution < 1.29 is 22.7 Å². The second-order valence-corrected chi connectivity index (χ2v) is 6.69. The van der Waals surface area contributed by atoms with E-state index < -0.39 is 17.5 Å². The zero-order valence-corrected chi connectivity index (χ0v) is 14.3. The van der Waals surface area contributed by atoms with E-state index in [1.165, 1.54) is 7.11 Å². The number of aromatic nitrogens is 2. The van der Waals surface area contributed by atoms with Crippen molar-refractivity contribution in [2.24, 2.45) is 0 Å². The van der Waals surface area contributed by atoms with Crippen molar-refractivity contribution in [3.8, 4) is 0 Å². The van der Waals surface area contributed by atoms with Crippen LogP contribution < -0.4 is 0 Å². The molecule has 1 atom stereocenters. The summed E-state index contributed by atoms with van der Waals surface area (Å²) in [6.45, 7) is 1.55. The molecule has 0 fully saturated rings. The van der Waals surface area contributed by atoms with Gasteiger partial charge < -0.3 is 9.30 Å². The summed E-state index contributed by atoms with van der Waals surface area (Å²) in [6.07, 6.45) is 1.40. The molecule has 0 saturated heterocycles. The van der Waals surface area contributed by atoms with E-state index in [2.05, 4.69) is 9.55 Å². The van der Waals surface area contributed by atoms with Crippen molar-refractivity contribution in [1.82, 2.24) is 14.5 Å². The lowest BCUT2D eigenvalue weighted by molar-refractivity contribution is 0.111. The van der Waals surface area contributed by atoms with Crippen LogP contribution >= 0.6 is 0 Å². The van der Waals surface area contributed by atoms with Gasteiger partial charge in [-0.1, -0.05) is 0 Å². The Balaban J connectivity index is 1.60. The average molecular weight is 365 g/mol. The van der Waals surface area contributed by atoms with Crippen LogP contribution in [0.3, 0.4) is 0 Å². The topological polar surface area (TPSA) is 47.4 Å². The number of benzene rings is 1. The Kier molecular flexibility index (Phi) is 4.13. The van der Waals surface area contributed by atoms with Gasteiger partial charge in [0.1, 0.15) is 11.6 Å². The van der Waals surface area contributed by atoms with Gasteiger partial charge in [0.2, 0.25) is 0 Å². The average Bonchev–Trinajstić information content (AvgIpc) is 3.00. The van der Waals surface area contributed by atoms with Crippen LogP contribution in [0.1, 0.15) is 35.1 Å². The first-order chi connectivity index (χ1) is 12.5. The molecule has 0 saturated carbocycles. The first-order valence-corrected chi connectivity index (χ1v) is 8.52. The highest BCUT2D eigenvalue weighted by Gasteiger charge is 2.31. The van der Waals surface area contributed by atoms with Crippen LogP contribution in [0.5, 0.6) is 0 Å². The van der Waals surface area contributed by atoms with E-state index in [-0.39, 0.29) is 17.6 Å². The largest absolute Gasteiger partial charge is 0.453 e. The molecule has 0 N–H and O–H groups in total. The lowest BCUT2D eigenvalue weighted by Gasteiger charge is -2.28. The van der Waals surface area contributed by atoms with Crippen LogP contribution in [-0.4, -0.2) is 34.2 Å². The molecular formula is C18H18F3N3O2.